The smallest absolute Gasteiger partial charge is 0.136 e. The Labute approximate surface area is 121 Å². The van der Waals surface area contributed by atoms with E-state index in [1.165, 1.54) is 12.1 Å². The predicted octanol–water partition coefficient (Wildman–Crippen LogP) is 2.57. The fraction of sp³-hybridized carbons (Fsp3) is 0.500. The average molecular weight is 324 g/mol. The second-order valence-corrected chi connectivity index (χ2v) is 6.17. The predicted molar refractivity (Wildman–Crippen MR) is 78.2 cm³/mol. The van der Waals surface area contributed by atoms with Crippen molar-refractivity contribution in [3.63, 3.8) is 0 Å². The first-order chi connectivity index (χ1) is 9.22. The van der Waals surface area contributed by atoms with Gasteiger partial charge in [-0.25, -0.2) is 4.98 Å². The zero-order valence-electron chi connectivity index (χ0n) is 11.1. The molecule has 1 fully saturated rings. The molecule has 0 spiro atoms. The lowest BCUT2D eigenvalue weighted by Crippen LogP contribution is -2.26. The number of aromatic nitrogens is 2. The molecule has 1 saturated heterocycles. The van der Waals surface area contributed by atoms with Crippen molar-refractivity contribution >= 4 is 21.6 Å². The van der Waals surface area contributed by atoms with E-state index < -0.39 is 0 Å². The third-order valence-electron chi connectivity index (χ3n) is 3.57. The largest absolute Gasteiger partial charge is 0.381 e. The van der Waals surface area contributed by atoms with Gasteiger partial charge >= 0.3 is 0 Å². The second kappa shape index (κ2) is 5.61. The monoisotopic (exact) mass is 323 g/mol. The van der Waals surface area contributed by atoms with Gasteiger partial charge in [0.05, 0.1) is 18.5 Å². The maximum absolute atomic E-state index is 5.43. The van der Waals surface area contributed by atoms with Crippen LogP contribution in [-0.2, 0) is 11.3 Å². The quantitative estimate of drug-likeness (QED) is 0.866. The van der Waals surface area contributed by atoms with Crippen LogP contribution >= 0.6 is 15.9 Å². The third kappa shape index (κ3) is 2.99. The fourth-order valence-corrected chi connectivity index (χ4v) is 2.97. The number of imidazole rings is 1. The van der Waals surface area contributed by atoms with Crippen LogP contribution in [0, 0.1) is 5.92 Å². The van der Waals surface area contributed by atoms with Crippen LogP contribution in [0.25, 0.3) is 5.65 Å². The van der Waals surface area contributed by atoms with Crippen molar-refractivity contribution < 1.29 is 4.74 Å². The zero-order chi connectivity index (χ0) is 13.2. The summed E-state index contributed by atoms with van der Waals surface area (Å²) in [4.78, 5) is 6.79. The number of ether oxygens (including phenoxy) is 1. The van der Waals surface area contributed by atoms with Gasteiger partial charge in [-0.05, 0) is 47.4 Å². The minimum atomic E-state index is 0.677. The number of halogens is 1. The molecule has 1 aliphatic heterocycles. The first kappa shape index (κ1) is 13.1. The lowest BCUT2D eigenvalue weighted by molar-refractivity contribution is 0.172. The Balaban J connectivity index is 1.71. The lowest BCUT2D eigenvalue weighted by atomic mass is 10.1. The maximum atomic E-state index is 5.43. The molecule has 1 aliphatic rings. The zero-order valence-corrected chi connectivity index (χ0v) is 12.6. The van der Waals surface area contributed by atoms with Gasteiger partial charge in [0.1, 0.15) is 5.65 Å². The van der Waals surface area contributed by atoms with E-state index in [0.717, 1.165) is 36.4 Å². The van der Waals surface area contributed by atoms with Gasteiger partial charge in [-0.2, -0.15) is 0 Å². The Morgan fingerprint density at radius 2 is 2.42 bits per heavy atom. The van der Waals surface area contributed by atoms with Crippen LogP contribution in [0.2, 0.25) is 0 Å². The van der Waals surface area contributed by atoms with Gasteiger partial charge in [-0.3, -0.25) is 0 Å². The van der Waals surface area contributed by atoms with E-state index in [9.17, 15) is 0 Å². The van der Waals surface area contributed by atoms with Crippen LogP contribution in [0.4, 0.5) is 0 Å². The van der Waals surface area contributed by atoms with E-state index in [0.29, 0.717) is 5.92 Å². The highest BCUT2D eigenvalue weighted by atomic mass is 79.9. The number of fused-ring (bicyclic) bond motifs is 1. The molecule has 102 valence electrons. The fourth-order valence-electron chi connectivity index (χ4n) is 2.63. The minimum Gasteiger partial charge on any atom is -0.381 e. The Bertz CT molecular complexity index is 563. The summed E-state index contributed by atoms with van der Waals surface area (Å²) in [6.07, 6.45) is 5.22. The number of hydrogen-bond acceptors (Lipinski definition) is 3. The molecule has 3 rings (SSSR count). The molecule has 0 aliphatic carbocycles. The molecule has 1 atom stereocenters. The Morgan fingerprint density at radius 3 is 3.21 bits per heavy atom. The molecule has 2 aromatic heterocycles. The number of nitrogens with zero attached hydrogens (tertiary/aromatic N) is 3. The lowest BCUT2D eigenvalue weighted by Gasteiger charge is -2.19. The molecule has 0 unspecified atom stereocenters. The van der Waals surface area contributed by atoms with E-state index in [1.807, 2.05) is 18.3 Å². The van der Waals surface area contributed by atoms with E-state index in [4.69, 9.17) is 4.74 Å². The van der Waals surface area contributed by atoms with E-state index >= 15 is 0 Å². The highest BCUT2D eigenvalue weighted by Crippen LogP contribution is 2.17. The maximum Gasteiger partial charge on any atom is 0.136 e. The van der Waals surface area contributed by atoms with Crippen molar-refractivity contribution in [3.05, 3.63) is 34.7 Å². The molecule has 0 amide bonds. The van der Waals surface area contributed by atoms with Crippen molar-refractivity contribution in [1.29, 1.82) is 0 Å². The molecule has 19 heavy (non-hydrogen) atoms. The first-order valence-electron chi connectivity index (χ1n) is 6.60. The van der Waals surface area contributed by atoms with Gasteiger partial charge in [0.2, 0.25) is 0 Å². The molecule has 0 bridgehead atoms. The summed E-state index contributed by atoms with van der Waals surface area (Å²) in [6.45, 7) is 3.82. The summed E-state index contributed by atoms with van der Waals surface area (Å²) >= 11 is 3.51. The van der Waals surface area contributed by atoms with E-state index in [-0.39, 0.29) is 0 Å². The number of pyridine rings is 1. The van der Waals surface area contributed by atoms with Crippen molar-refractivity contribution in [2.75, 3.05) is 26.8 Å². The van der Waals surface area contributed by atoms with Crippen molar-refractivity contribution in [2.45, 2.75) is 13.0 Å². The average Bonchev–Trinajstić information content (AvgIpc) is 3.00. The third-order valence-corrected chi connectivity index (χ3v) is 4.04. The molecule has 4 nitrogen and oxygen atoms in total. The van der Waals surface area contributed by atoms with Crippen molar-refractivity contribution in [2.24, 2.45) is 5.92 Å². The molecule has 3 heterocycles. The number of hydrogen-bond donors (Lipinski definition) is 0. The summed E-state index contributed by atoms with van der Waals surface area (Å²) in [5, 5.41) is 0. The normalized spacial score (nSPS) is 19.6. The Hall–Kier alpha value is -0.910. The first-order valence-corrected chi connectivity index (χ1v) is 7.39. The molecule has 0 aromatic carbocycles. The highest BCUT2D eigenvalue weighted by Gasteiger charge is 2.18. The van der Waals surface area contributed by atoms with Gasteiger partial charge in [-0.1, -0.05) is 0 Å². The van der Waals surface area contributed by atoms with Crippen molar-refractivity contribution in [3.8, 4) is 0 Å². The molecule has 2 aromatic rings. The van der Waals surface area contributed by atoms with Crippen LogP contribution in [0.1, 0.15) is 12.1 Å². The molecule has 5 heteroatoms. The standard InChI is InChI=1S/C14H18BrN3O/c1-17(7-11-4-5-19-10-11)9-13-6-16-14-3-2-12(15)8-18(13)14/h2-3,6,8,11H,4-5,7,9-10H2,1H3/t11-/m0/s1. The molecule has 0 saturated carbocycles. The van der Waals surface area contributed by atoms with Crippen LogP contribution in [-0.4, -0.2) is 41.1 Å². The van der Waals surface area contributed by atoms with Crippen LogP contribution in [0.5, 0.6) is 0 Å². The van der Waals surface area contributed by atoms with Gasteiger partial charge in [0, 0.05) is 30.4 Å². The Kier molecular flexibility index (Phi) is 3.86. The van der Waals surface area contributed by atoms with Crippen molar-refractivity contribution in [1.82, 2.24) is 14.3 Å². The second-order valence-electron chi connectivity index (χ2n) is 5.25. The highest BCUT2D eigenvalue weighted by molar-refractivity contribution is 9.10. The SMILES string of the molecule is CN(Cc1cnc2ccc(Br)cn12)C[C@@H]1CCOC1. The summed E-state index contributed by atoms with van der Waals surface area (Å²) in [5.41, 5.74) is 2.22. The minimum absolute atomic E-state index is 0.677. The van der Waals surface area contributed by atoms with Crippen LogP contribution < -0.4 is 0 Å². The summed E-state index contributed by atoms with van der Waals surface area (Å²) in [7, 11) is 2.16. The van der Waals surface area contributed by atoms with Crippen LogP contribution in [0.15, 0.2) is 29.0 Å². The van der Waals surface area contributed by atoms with E-state index in [2.05, 4.69) is 43.5 Å². The molecular formula is C14H18BrN3O. The molecule has 0 N–H and O–H groups in total. The summed E-state index contributed by atoms with van der Waals surface area (Å²) in [6, 6.07) is 4.05. The Morgan fingerprint density at radius 1 is 1.53 bits per heavy atom. The van der Waals surface area contributed by atoms with Gasteiger partial charge in [-0.15, -0.1) is 0 Å². The van der Waals surface area contributed by atoms with Gasteiger partial charge in [0.15, 0.2) is 0 Å². The van der Waals surface area contributed by atoms with Gasteiger partial charge < -0.3 is 14.0 Å². The molecule has 0 radical (unpaired) electrons. The summed E-state index contributed by atoms with van der Waals surface area (Å²) in [5.74, 6) is 0.677. The summed E-state index contributed by atoms with van der Waals surface area (Å²) < 4.78 is 8.65. The van der Waals surface area contributed by atoms with Crippen LogP contribution in [0.3, 0.4) is 0 Å². The molecular weight excluding hydrogens is 306 g/mol. The van der Waals surface area contributed by atoms with Gasteiger partial charge in [0.25, 0.3) is 0 Å². The topological polar surface area (TPSA) is 29.8 Å². The number of rotatable bonds is 4. The van der Waals surface area contributed by atoms with E-state index in [1.54, 1.807) is 0 Å².